The van der Waals surface area contributed by atoms with Gasteiger partial charge in [-0.15, -0.1) is 0 Å². The fourth-order valence-electron chi connectivity index (χ4n) is 2.90. The van der Waals surface area contributed by atoms with E-state index < -0.39 is 0 Å². The maximum atomic E-state index is 5.83. The first-order valence-electron chi connectivity index (χ1n) is 6.94. The number of nitrogens with two attached hydrogens (primary N) is 1. The molecule has 0 aliphatic heterocycles. The van der Waals surface area contributed by atoms with E-state index in [2.05, 4.69) is 12.2 Å². The van der Waals surface area contributed by atoms with Crippen LogP contribution in [0.1, 0.15) is 39.0 Å². The number of benzene rings is 1. The summed E-state index contributed by atoms with van der Waals surface area (Å²) in [5, 5.41) is 3.65. The molecule has 100 valence electrons. The molecule has 0 radical (unpaired) electrons. The predicted molar refractivity (Wildman–Crippen MR) is 77.1 cm³/mol. The van der Waals surface area contributed by atoms with E-state index in [4.69, 9.17) is 10.5 Å². The van der Waals surface area contributed by atoms with E-state index >= 15 is 0 Å². The molecule has 0 heterocycles. The van der Waals surface area contributed by atoms with Crippen molar-refractivity contribution in [3.8, 4) is 5.75 Å². The molecule has 0 spiro atoms. The molecule has 1 saturated carbocycles. The van der Waals surface area contributed by atoms with Crippen LogP contribution in [0.15, 0.2) is 18.2 Å². The first-order chi connectivity index (χ1) is 8.74. The molecular formula is C15H24N2O. The molecule has 2 rings (SSSR count). The van der Waals surface area contributed by atoms with E-state index in [1.807, 2.05) is 18.2 Å². The highest BCUT2D eigenvalue weighted by atomic mass is 16.5. The summed E-state index contributed by atoms with van der Waals surface area (Å²) in [5.41, 5.74) is 7.64. The molecular weight excluding hydrogens is 224 g/mol. The van der Waals surface area contributed by atoms with Crippen LogP contribution in [0.3, 0.4) is 0 Å². The first kappa shape index (κ1) is 13.1. The molecule has 2 unspecified atom stereocenters. The molecule has 0 saturated heterocycles. The minimum absolute atomic E-state index is 0.595. The molecule has 1 aromatic rings. The van der Waals surface area contributed by atoms with Gasteiger partial charge in [-0.3, -0.25) is 0 Å². The monoisotopic (exact) mass is 248 g/mol. The van der Waals surface area contributed by atoms with E-state index in [0.29, 0.717) is 11.7 Å². The van der Waals surface area contributed by atoms with Gasteiger partial charge in [0.15, 0.2) is 0 Å². The lowest BCUT2D eigenvalue weighted by molar-refractivity contribution is 0.317. The number of methoxy groups -OCH3 is 1. The summed E-state index contributed by atoms with van der Waals surface area (Å²) in [6.45, 7) is 2.29. The van der Waals surface area contributed by atoms with Crippen LogP contribution >= 0.6 is 0 Å². The molecule has 3 heteroatoms. The summed E-state index contributed by atoms with van der Waals surface area (Å²) in [5.74, 6) is 1.55. The van der Waals surface area contributed by atoms with Crippen LogP contribution in [0.2, 0.25) is 0 Å². The summed E-state index contributed by atoms with van der Waals surface area (Å²) < 4.78 is 5.26. The SMILES string of the molecule is CCC1CCCCC1Nc1ccc(N)c(OC)c1. The second-order valence-electron chi connectivity index (χ2n) is 5.16. The Bertz CT molecular complexity index is 392. The van der Waals surface area contributed by atoms with Crippen LogP contribution in [0, 0.1) is 5.92 Å². The Morgan fingerprint density at radius 1 is 1.33 bits per heavy atom. The number of rotatable bonds is 4. The average molecular weight is 248 g/mol. The lowest BCUT2D eigenvalue weighted by Crippen LogP contribution is -2.31. The zero-order chi connectivity index (χ0) is 13.0. The van der Waals surface area contributed by atoms with Crippen LogP contribution < -0.4 is 15.8 Å². The van der Waals surface area contributed by atoms with Gasteiger partial charge in [-0.25, -0.2) is 0 Å². The van der Waals surface area contributed by atoms with Gasteiger partial charge in [0.25, 0.3) is 0 Å². The fraction of sp³-hybridized carbons (Fsp3) is 0.600. The second-order valence-corrected chi connectivity index (χ2v) is 5.16. The van der Waals surface area contributed by atoms with Crippen molar-refractivity contribution in [2.75, 3.05) is 18.2 Å². The van der Waals surface area contributed by atoms with Crippen LogP contribution in [-0.4, -0.2) is 13.2 Å². The van der Waals surface area contributed by atoms with Crippen molar-refractivity contribution in [2.45, 2.75) is 45.1 Å². The second kappa shape index (κ2) is 5.98. The van der Waals surface area contributed by atoms with Crippen molar-refractivity contribution >= 4 is 11.4 Å². The quantitative estimate of drug-likeness (QED) is 0.799. The highest BCUT2D eigenvalue weighted by molar-refractivity contribution is 5.61. The first-order valence-corrected chi connectivity index (χ1v) is 6.94. The van der Waals surface area contributed by atoms with Gasteiger partial charge < -0.3 is 15.8 Å². The van der Waals surface area contributed by atoms with Gasteiger partial charge in [0.05, 0.1) is 12.8 Å². The maximum Gasteiger partial charge on any atom is 0.143 e. The van der Waals surface area contributed by atoms with Gasteiger partial charge in [-0.05, 0) is 30.9 Å². The summed E-state index contributed by atoms with van der Waals surface area (Å²) in [7, 11) is 1.66. The van der Waals surface area contributed by atoms with Crippen molar-refractivity contribution < 1.29 is 4.74 Å². The van der Waals surface area contributed by atoms with Crippen molar-refractivity contribution in [3.05, 3.63) is 18.2 Å². The Kier molecular flexibility index (Phi) is 4.34. The lowest BCUT2D eigenvalue weighted by Gasteiger charge is -2.32. The molecule has 1 fully saturated rings. The number of anilines is 2. The smallest absolute Gasteiger partial charge is 0.143 e. The molecule has 3 nitrogen and oxygen atoms in total. The zero-order valence-corrected chi connectivity index (χ0v) is 11.4. The Morgan fingerprint density at radius 3 is 2.83 bits per heavy atom. The minimum Gasteiger partial charge on any atom is -0.495 e. The molecule has 1 aliphatic rings. The number of ether oxygens (including phenoxy) is 1. The van der Waals surface area contributed by atoms with E-state index in [1.54, 1.807) is 7.11 Å². The third-order valence-electron chi connectivity index (χ3n) is 4.02. The maximum absolute atomic E-state index is 5.83. The number of hydrogen-bond acceptors (Lipinski definition) is 3. The van der Waals surface area contributed by atoms with Gasteiger partial charge in [0, 0.05) is 17.8 Å². The van der Waals surface area contributed by atoms with Crippen LogP contribution in [0.25, 0.3) is 0 Å². The van der Waals surface area contributed by atoms with Gasteiger partial charge in [0.1, 0.15) is 5.75 Å². The topological polar surface area (TPSA) is 47.3 Å². The van der Waals surface area contributed by atoms with Crippen molar-refractivity contribution in [3.63, 3.8) is 0 Å². The van der Waals surface area contributed by atoms with Crippen LogP contribution in [-0.2, 0) is 0 Å². The fourth-order valence-corrected chi connectivity index (χ4v) is 2.90. The van der Waals surface area contributed by atoms with Crippen LogP contribution in [0.5, 0.6) is 5.75 Å². The van der Waals surface area contributed by atoms with Crippen LogP contribution in [0.4, 0.5) is 11.4 Å². The average Bonchev–Trinajstić information content (AvgIpc) is 2.41. The molecule has 1 aliphatic carbocycles. The molecule has 0 amide bonds. The predicted octanol–water partition coefficient (Wildman–Crippen LogP) is 3.66. The number of nitrogen functional groups attached to an aromatic ring is 1. The highest BCUT2D eigenvalue weighted by Gasteiger charge is 2.23. The molecule has 1 aromatic carbocycles. The Hall–Kier alpha value is -1.38. The van der Waals surface area contributed by atoms with Gasteiger partial charge in [-0.1, -0.05) is 26.2 Å². The van der Waals surface area contributed by atoms with E-state index in [0.717, 1.165) is 17.4 Å². The molecule has 18 heavy (non-hydrogen) atoms. The largest absolute Gasteiger partial charge is 0.495 e. The Labute approximate surface area is 110 Å². The Morgan fingerprint density at radius 2 is 2.11 bits per heavy atom. The highest BCUT2D eigenvalue weighted by Crippen LogP contribution is 2.31. The van der Waals surface area contributed by atoms with E-state index in [1.165, 1.54) is 32.1 Å². The Balaban J connectivity index is 2.07. The zero-order valence-electron chi connectivity index (χ0n) is 11.4. The number of nitrogens with one attached hydrogen (secondary N) is 1. The summed E-state index contributed by atoms with van der Waals surface area (Å²) in [4.78, 5) is 0. The summed E-state index contributed by atoms with van der Waals surface area (Å²) in [6, 6.07) is 6.54. The lowest BCUT2D eigenvalue weighted by atomic mass is 9.83. The van der Waals surface area contributed by atoms with Crippen molar-refractivity contribution in [1.82, 2.24) is 0 Å². The third kappa shape index (κ3) is 2.89. The van der Waals surface area contributed by atoms with Crippen molar-refractivity contribution in [2.24, 2.45) is 5.92 Å². The van der Waals surface area contributed by atoms with Crippen molar-refractivity contribution in [1.29, 1.82) is 0 Å². The molecule has 0 aromatic heterocycles. The summed E-state index contributed by atoms with van der Waals surface area (Å²) in [6.07, 6.45) is 6.58. The van der Waals surface area contributed by atoms with Gasteiger partial charge in [0.2, 0.25) is 0 Å². The normalized spacial score (nSPS) is 23.7. The molecule has 0 bridgehead atoms. The van der Waals surface area contributed by atoms with Gasteiger partial charge >= 0.3 is 0 Å². The summed E-state index contributed by atoms with van der Waals surface area (Å²) >= 11 is 0. The van der Waals surface area contributed by atoms with E-state index in [9.17, 15) is 0 Å². The molecule has 2 atom stereocenters. The number of hydrogen-bond donors (Lipinski definition) is 2. The minimum atomic E-state index is 0.595. The van der Waals surface area contributed by atoms with E-state index in [-0.39, 0.29) is 0 Å². The third-order valence-corrected chi connectivity index (χ3v) is 4.02. The van der Waals surface area contributed by atoms with Gasteiger partial charge in [-0.2, -0.15) is 0 Å². The standard InChI is InChI=1S/C15H24N2O/c1-3-11-6-4-5-7-14(11)17-12-8-9-13(16)15(10-12)18-2/h8-11,14,17H,3-7,16H2,1-2H3. The molecule has 3 N–H and O–H groups in total.